The number of imide groups is 1. The minimum Gasteiger partial charge on any atom is -0.322 e. The van der Waals surface area contributed by atoms with Gasteiger partial charge in [-0.1, -0.05) is 37.8 Å². The molecule has 4 fully saturated rings. The molecule has 4 unspecified atom stereocenters. The zero-order valence-electron chi connectivity index (χ0n) is 20.1. The van der Waals surface area contributed by atoms with Crippen LogP contribution in [0, 0.1) is 17.8 Å². The molecule has 3 saturated carbocycles. The van der Waals surface area contributed by atoms with Gasteiger partial charge in [-0.05, 0) is 79.9 Å². The molecule has 0 radical (unpaired) electrons. The molecule has 1 saturated heterocycles. The van der Waals surface area contributed by atoms with Gasteiger partial charge in [-0.25, -0.2) is 0 Å². The highest BCUT2D eigenvalue weighted by molar-refractivity contribution is 6.05. The Morgan fingerprint density at radius 2 is 1.74 bits per heavy atom. The molecule has 3 aliphatic carbocycles. The Kier molecular flexibility index (Phi) is 5.96. The van der Waals surface area contributed by atoms with E-state index >= 15 is 0 Å². The highest BCUT2D eigenvalue weighted by Crippen LogP contribution is 2.42. The number of rotatable bonds is 5. The van der Waals surface area contributed by atoms with E-state index in [9.17, 15) is 14.4 Å². The van der Waals surface area contributed by atoms with Crippen LogP contribution in [-0.2, 0) is 22.6 Å². The lowest BCUT2D eigenvalue weighted by molar-refractivity contribution is -0.136. The molecule has 6 nitrogen and oxygen atoms in total. The van der Waals surface area contributed by atoms with Gasteiger partial charge in [0.15, 0.2) is 0 Å². The lowest BCUT2D eigenvalue weighted by Gasteiger charge is -2.38. The topological polar surface area (TPSA) is 78.5 Å². The van der Waals surface area contributed by atoms with Gasteiger partial charge in [-0.3, -0.25) is 19.7 Å². The number of carbonyl (C=O) groups excluding carboxylic acids is 3. The van der Waals surface area contributed by atoms with Crippen molar-refractivity contribution in [3.8, 4) is 0 Å². The first-order valence-corrected chi connectivity index (χ1v) is 13.6. The summed E-state index contributed by atoms with van der Waals surface area (Å²) in [5, 5.41) is 6.50. The van der Waals surface area contributed by atoms with Crippen molar-refractivity contribution < 1.29 is 14.4 Å². The quantitative estimate of drug-likeness (QED) is 0.653. The molecule has 0 aromatic heterocycles. The van der Waals surface area contributed by atoms with Crippen LogP contribution in [0.25, 0.3) is 0 Å². The van der Waals surface area contributed by atoms with E-state index in [0.29, 0.717) is 43.0 Å². The molecule has 6 rings (SSSR count). The van der Waals surface area contributed by atoms with E-state index in [1.807, 2.05) is 6.07 Å². The van der Waals surface area contributed by atoms with Gasteiger partial charge in [-0.2, -0.15) is 0 Å². The maximum Gasteiger partial charge on any atom is 0.255 e. The van der Waals surface area contributed by atoms with Crippen LogP contribution in [0.2, 0.25) is 0 Å². The Morgan fingerprint density at radius 3 is 2.53 bits per heavy atom. The first-order valence-electron chi connectivity index (χ1n) is 13.6. The molecule has 182 valence electrons. The normalized spacial score (nSPS) is 35.4. The fourth-order valence-electron chi connectivity index (χ4n) is 7.68. The van der Waals surface area contributed by atoms with Crippen LogP contribution in [0.3, 0.4) is 0 Å². The lowest BCUT2D eigenvalue weighted by Crippen LogP contribution is -2.52. The first kappa shape index (κ1) is 22.3. The second kappa shape index (κ2) is 9.10. The maximum absolute atomic E-state index is 13.0. The maximum atomic E-state index is 13.0. The number of hydrogen-bond acceptors (Lipinski definition) is 4. The van der Waals surface area contributed by atoms with Crippen molar-refractivity contribution in [3.63, 3.8) is 0 Å². The summed E-state index contributed by atoms with van der Waals surface area (Å²) in [4.78, 5) is 38.5. The average molecular weight is 464 g/mol. The van der Waals surface area contributed by atoms with Crippen molar-refractivity contribution in [2.45, 2.75) is 102 Å². The number of piperidine rings is 1. The zero-order chi connectivity index (χ0) is 23.2. The van der Waals surface area contributed by atoms with Gasteiger partial charge in [0.1, 0.15) is 6.04 Å². The van der Waals surface area contributed by atoms with Crippen molar-refractivity contribution in [1.82, 2.24) is 15.5 Å². The zero-order valence-corrected chi connectivity index (χ0v) is 20.1. The predicted octanol–water partition coefficient (Wildman–Crippen LogP) is 3.72. The van der Waals surface area contributed by atoms with E-state index in [1.54, 1.807) is 4.90 Å². The van der Waals surface area contributed by atoms with Gasteiger partial charge in [0, 0.05) is 30.6 Å². The van der Waals surface area contributed by atoms with Crippen molar-refractivity contribution in [2.75, 3.05) is 0 Å². The SMILES string of the molecule is O=C1CCC(N2Cc3cc(C[C@H]4CCCCC4NC4CC5CCC(C5)C4)ccc3C2=O)C(=O)N1. The van der Waals surface area contributed by atoms with E-state index in [2.05, 4.69) is 22.8 Å². The predicted molar refractivity (Wildman–Crippen MR) is 129 cm³/mol. The summed E-state index contributed by atoms with van der Waals surface area (Å²) < 4.78 is 0. The second-order valence-corrected chi connectivity index (χ2v) is 11.6. The molecule has 1 aromatic carbocycles. The summed E-state index contributed by atoms with van der Waals surface area (Å²) in [6.07, 6.45) is 14.1. The molecule has 5 atom stereocenters. The summed E-state index contributed by atoms with van der Waals surface area (Å²) >= 11 is 0. The molecule has 34 heavy (non-hydrogen) atoms. The highest BCUT2D eigenvalue weighted by atomic mass is 16.2. The third-order valence-electron chi connectivity index (χ3n) is 9.33. The summed E-state index contributed by atoms with van der Waals surface area (Å²) in [7, 11) is 0. The number of benzene rings is 1. The molecule has 2 N–H and O–H groups in total. The number of nitrogens with one attached hydrogen (secondary N) is 2. The third-order valence-corrected chi connectivity index (χ3v) is 9.33. The molecule has 6 heteroatoms. The van der Waals surface area contributed by atoms with Gasteiger partial charge >= 0.3 is 0 Å². The molecule has 2 bridgehead atoms. The van der Waals surface area contributed by atoms with E-state index in [4.69, 9.17) is 0 Å². The molecule has 3 amide bonds. The van der Waals surface area contributed by atoms with E-state index in [-0.39, 0.29) is 17.7 Å². The number of nitrogens with zero attached hydrogens (tertiary/aromatic N) is 1. The molecule has 0 spiro atoms. The number of carbonyl (C=O) groups is 3. The monoisotopic (exact) mass is 463 g/mol. The van der Waals surface area contributed by atoms with Gasteiger partial charge in [0.05, 0.1) is 0 Å². The first-order chi connectivity index (χ1) is 16.5. The van der Waals surface area contributed by atoms with Gasteiger partial charge in [0.25, 0.3) is 5.91 Å². The fourth-order valence-corrected chi connectivity index (χ4v) is 7.68. The van der Waals surface area contributed by atoms with Crippen LogP contribution in [-0.4, -0.2) is 40.7 Å². The van der Waals surface area contributed by atoms with Crippen LogP contribution in [0.15, 0.2) is 18.2 Å². The third kappa shape index (κ3) is 4.30. The van der Waals surface area contributed by atoms with Crippen molar-refractivity contribution >= 4 is 17.7 Å². The van der Waals surface area contributed by atoms with Gasteiger partial charge in [0.2, 0.25) is 11.8 Å². The van der Waals surface area contributed by atoms with Gasteiger partial charge in [-0.15, -0.1) is 0 Å². The lowest BCUT2D eigenvalue weighted by atomic mass is 9.78. The fraction of sp³-hybridized carbons (Fsp3) is 0.679. The van der Waals surface area contributed by atoms with Crippen molar-refractivity contribution in [1.29, 1.82) is 0 Å². The van der Waals surface area contributed by atoms with Crippen LogP contribution in [0.5, 0.6) is 0 Å². The van der Waals surface area contributed by atoms with Crippen LogP contribution in [0.1, 0.15) is 92.1 Å². The van der Waals surface area contributed by atoms with E-state index in [1.165, 1.54) is 63.4 Å². The minimum absolute atomic E-state index is 0.0832. The van der Waals surface area contributed by atoms with Gasteiger partial charge < -0.3 is 10.2 Å². The Hall–Kier alpha value is -2.21. The Morgan fingerprint density at radius 1 is 0.941 bits per heavy atom. The molecular weight excluding hydrogens is 426 g/mol. The standard InChI is InChI=1S/C28H37N3O3/c32-26-10-9-25(27(33)30-26)31-16-21-13-19(7-8-23(21)28(31)34)12-20-3-1-2-4-24(20)29-22-14-17-5-6-18(11-17)15-22/h7-8,13,17-18,20,22,24-25,29H,1-6,9-12,14-16H2,(H,30,32,33)/t17?,18?,20-,22?,24?,25?/m1/s1. The largest absolute Gasteiger partial charge is 0.322 e. The summed E-state index contributed by atoms with van der Waals surface area (Å²) in [6.45, 7) is 0.464. The highest BCUT2D eigenvalue weighted by Gasteiger charge is 2.40. The number of amides is 3. The molecule has 2 heterocycles. The average Bonchev–Trinajstić information content (AvgIpc) is 3.33. The van der Waals surface area contributed by atoms with Crippen LogP contribution in [0.4, 0.5) is 0 Å². The van der Waals surface area contributed by atoms with Crippen LogP contribution >= 0.6 is 0 Å². The van der Waals surface area contributed by atoms with Crippen molar-refractivity contribution in [2.24, 2.45) is 17.8 Å². The smallest absolute Gasteiger partial charge is 0.255 e. The second-order valence-electron chi connectivity index (χ2n) is 11.6. The van der Waals surface area contributed by atoms with Crippen LogP contribution < -0.4 is 10.6 Å². The molecule has 2 aliphatic heterocycles. The van der Waals surface area contributed by atoms with E-state index in [0.717, 1.165) is 23.8 Å². The minimum atomic E-state index is -0.543. The Balaban J connectivity index is 1.12. The number of fused-ring (bicyclic) bond motifs is 3. The Labute approximate surface area is 202 Å². The summed E-state index contributed by atoms with van der Waals surface area (Å²) in [6, 6.07) is 7.05. The number of hydrogen-bond donors (Lipinski definition) is 2. The summed E-state index contributed by atoms with van der Waals surface area (Å²) in [5.74, 6) is 1.89. The molecule has 1 aromatic rings. The molecular formula is C28H37N3O3. The Bertz CT molecular complexity index is 979. The van der Waals surface area contributed by atoms with E-state index < -0.39 is 6.04 Å². The summed E-state index contributed by atoms with van der Waals surface area (Å²) in [5.41, 5.74) is 3.04. The molecule has 5 aliphatic rings. The van der Waals surface area contributed by atoms with Crippen molar-refractivity contribution in [3.05, 3.63) is 34.9 Å².